The molecule has 1 heterocycles. The van der Waals surface area contributed by atoms with Gasteiger partial charge in [-0.25, -0.2) is 0 Å². The van der Waals surface area contributed by atoms with Gasteiger partial charge >= 0.3 is 0 Å². The number of unbranched alkanes of at least 4 members (excludes halogenated alkanes) is 4. The standard InChI is InChI=1S/C17H30N2/c1-4-6-7-8-9-12-16(18-13-5-2)17-15(3)11-10-14-19-17/h10-11,14,16,18H,4-9,12-13H2,1-3H3. The third-order valence-electron chi connectivity index (χ3n) is 3.62. The van der Waals surface area contributed by atoms with E-state index in [4.69, 9.17) is 0 Å². The Morgan fingerprint density at radius 2 is 1.89 bits per heavy atom. The highest BCUT2D eigenvalue weighted by atomic mass is 14.9. The van der Waals surface area contributed by atoms with Crippen molar-refractivity contribution in [1.82, 2.24) is 10.3 Å². The molecule has 1 aromatic rings. The minimum atomic E-state index is 0.433. The first-order valence-electron chi connectivity index (χ1n) is 7.94. The summed E-state index contributed by atoms with van der Waals surface area (Å²) < 4.78 is 0. The Bertz CT molecular complexity index is 336. The van der Waals surface area contributed by atoms with Gasteiger partial charge in [-0.1, -0.05) is 52.0 Å². The molecule has 0 aliphatic carbocycles. The molecular weight excluding hydrogens is 232 g/mol. The molecule has 2 nitrogen and oxygen atoms in total. The molecular formula is C17H30N2. The largest absolute Gasteiger partial charge is 0.309 e. The highest BCUT2D eigenvalue weighted by molar-refractivity contribution is 5.21. The Balaban J connectivity index is 2.49. The number of rotatable bonds is 10. The first-order valence-corrected chi connectivity index (χ1v) is 7.94. The lowest BCUT2D eigenvalue weighted by atomic mass is 10.0. The second-order valence-electron chi connectivity index (χ2n) is 5.42. The predicted molar refractivity (Wildman–Crippen MR) is 83.4 cm³/mol. The zero-order chi connectivity index (χ0) is 13.9. The van der Waals surface area contributed by atoms with Crippen LogP contribution in [-0.4, -0.2) is 11.5 Å². The van der Waals surface area contributed by atoms with Crippen LogP contribution in [0.1, 0.15) is 76.1 Å². The summed E-state index contributed by atoms with van der Waals surface area (Å²) >= 11 is 0. The first-order chi connectivity index (χ1) is 9.29. The number of aromatic nitrogens is 1. The van der Waals surface area contributed by atoms with Gasteiger partial charge in [0, 0.05) is 12.2 Å². The topological polar surface area (TPSA) is 24.9 Å². The van der Waals surface area contributed by atoms with E-state index in [0.717, 1.165) is 6.54 Å². The predicted octanol–water partition coefficient (Wildman–Crippen LogP) is 4.79. The van der Waals surface area contributed by atoms with Crippen LogP contribution < -0.4 is 5.32 Å². The number of nitrogens with one attached hydrogen (secondary N) is 1. The van der Waals surface area contributed by atoms with Crippen molar-refractivity contribution in [2.75, 3.05) is 6.54 Å². The van der Waals surface area contributed by atoms with Crippen molar-refractivity contribution < 1.29 is 0 Å². The van der Waals surface area contributed by atoms with E-state index in [1.165, 1.54) is 56.2 Å². The molecule has 0 aliphatic rings. The molecule has 2 heteroatoms. The third-order valence-corrected chi connectivity index (χ3v) is 3.62. The molecule has 1 atom stereocenters. The lowest BCUT2D eigenvalue weighted by Gasteiger charge is -2.19. The molecule has 0 amide bonds. The van der Waals surface area contributed by atoms with E-state index < -0.39 is 0 Å². The summed E-state index contributed by atoms with van der Waals surface area (Å²) in [6, 6.07) is 4.62. The van der Waals surface area contributed by atoms with Crippen molar-refractivity contribution in [3.05, 3.63) is 29.6 Å². The minimum absolute atomic E-state index is 0.433. The molecule has 0 radical (unpaired) electrons. The SMILES string of the molecule is CCCCCCCC(NCCC)c1ncccc1C. The monoisotopic (exact) mass is 262 g/mol. The Kier molecular flexibility index (Phi) is 8.48. The van der Waals surface area contributed by atoms with E-state index in [1.54, 1.807) is 0 Å². The van der Waals surface area contributed by atoms with Gasteiger partial charge in [-0.2, -0.15) is 0 Å². The van der Waals surface area contributed by atoms with E-state index in [-0.39, 0.29) is 0 Å². The Morgan fingerprint density at radius 3 is 2.58 bits per heavy atom. The van der Waals surface area contributed by atoms with Gasteiger partial charge in [-0.15, -0.1) is 0 Å². The number of nitrogens with zero attached hydrogens (tertiary/aromatic N) is 1. The summed E-state index contributed by atoms with van der Waals surface area (Å²) in [4.78, 5) is 4.58. The molecule has 1 unspecified atom stereocenters. The third kappa shape index (κ3) is 6.20. The molecule has 0 aliphatic heterocycles. The molecule has 108 valence electrons. The van der Waals surface area contributed by atoms with Gasteiger partial charge in [0.1, 0.15) is 0 Å². The fourth-order valence-electron chi connectivity index (χ4n) is 2.47. The summed E-state index contributed by atoms with van der Waals surface area (Å²) in [5.74, 6) is 0. The minimum Gasteiger partial charge on any atom is -0.309 e. The number of pyridine rings is 1. The van der Waals surface area contributed by atoms with Crippen LogP contribution in [0.5, 0.6) is 0 Å². The second kappa shape index (κ2) is 9.96. The fourth-order valence-corrected chi connectivity index (χ4v) is 2.47. The van der Waals surface area contributed by atoms with Crippen LogP contribution in [0.25, 0.3) is 0 Å². The molecule has 1 aromatic heterocycles. The van der Waals surface area contributed by atoms with Crippen LogP contribution in [0.3, 0.4) is 0 Å². The average Bonchev–Trinajstić information content (AvgIpc) is 2.43. The molecule has 0 aromatic carbocycles. The van der Waals surface area contributed by atoms with Crippen LogP contribution in [-0.2, 0) is 0 Å². The maximum absolute atomic E-state index is 4.58. The quantitative estimate of drug-likeness (QED) is 0.613. The van der Waals surface area contributed by atoms with Crippen LogP contribution in [0.4, 0.5) is 0 Å². The highest BCUT2D eigenvalue weighted by Crippen LogP contribution is 2.21. The van der Waals surface area contributed by atoms with Crippen LogP contribution >= 0.6 is 0 Å². The summed E-state index contributed by atoms with van der Waals surface area (Å²) in [7, 11) is 0. The number of hydrogen-bond donors (Lipinski definition) is 1. The molecule has 1 rings (SSSR count). The van der Waals surface area contributed by atoms with Gasteiger partial charge in [0.05, 0.1) is 5.69 Å². The lowest BCUT2D eigenvalue weighted by Crippen LogP contribution is -2.23. The van der Waals surface area contributed by atoms with Crippen molar-refractivity contribution in [1.29, 1.82) is 0 Å². The van der Waals surface area contributed by atoms with Crippen molar-refractivity contribution >= 4 is 0 Å². The van der Waals surface area contributed by atoms with Gasteiger partial charge in [-0.3, -0.25) is 4.98 Å². The van der Waals surface area contributed by atoms with Gasteiger partial charge in [0.15, 0.2) is 0 Å². The first kappa shape index (κ1) is 16.2. The van der Waals surface area contributed by atoms with Gasteiger partial charge in [0.2, 0.25) is 0 Å². The molecule has 19 heavy (non-hydrogen) atoms. The maximum atomic E-state index is 4.58. The zero-order valence-electron chi connectivity index (χ0n) is 12.9. The van der Waals surface area contributed by atoms with Crippen molar-refractivity contribution in [3.8, 4) is 0 Å². The van der Waals surface area contributed by atoms with E-state index in [1.807, 2.05) is 12.3 Å². The fraction of sp³-hybridized carbons (Fsp3) is 0.706. The van der Waals surface area contributed by atoms with Crippen LogP contribution in [0.2, 0.25) is 0 Å². The normalized spacial score (nSPS) is 12.6. The molecule has 1 N–H and O–H groups in total. The summed E-state index contributed by atoms with van der Waals surface area (Å²) in [5, 5.41) is 3.65. The maximum Gasteiger partial charge on any atom is 0.0602 e. The Labute approximate surface area is 119 Å². The molecule has 0 saturated heterocycles. The van der Waals surface area contributed by atoms with Gasteiger partial charge in [0.25, 0.3) is 0 Å². The summed E-state index contributed by atoms with van der Waals surface area (Å²) in [5.41, 5.74) is 2.55. The number of aryl methyl sites for hydroxylation is 1. The van der Waals surface area contributed by atoms with Crippen molar-refractivity contribution in [2.45, 2.75) is 71.8 Å². The summed E-state index contributed by atoms with van der Waals surface area (Å²) in [6.07, 6.45) is 11.0. The van der Waals surface area contributed by atoms with E-state index in [2.05, 4.69) is 37.1 Å². The van der Waals surface area contributed by atoms with Crippen molar-refractivity contribution in [2.24, 2.45) is 0 Å². The van der Waals surface area contributed by atoms with Gasteiger partial charge < -0.3 is 5.32 Å². The molecule has 0 saturated carbocycles. The van der Waals surface area contributed by atoms with Crippen LogP contribution in [0, 0.1) is 6.92 Å². The average molecular weight is 262 g/mol. The second-order valence-corrected chi connectivity index (χ2v) is 5.42. The van der Waals surface area contributed by atoms with Crippen LogP contribution in [0.15, 0.2) is 18.3 Å². The zero-order valence-corrected chi connectivity index (χ0v) is 12.9. The Morgan fingerprint density at radius 1 is 1.11 bits per heavy atom. The molecule has 0 spiro atoms. The lowest BCUT2D eigenvalue weighted by molar-refractivity contribution is 0.458. The smallest absolute Gasteiger partial charge is 0.0602 e. The van der Waals surface area contributed by atoms with Crippen molar-refractivity contribution in [3.63, 3.8) is 0 Å². The highest BCUT2D eigenvalue weighted by Gasteiger charge is 2.13. The Hall–Kier alpha value is -0.890. The van der Waals surface area contributed by atoms with E-state index >= 15 is 0 Å². The number of hydrogen-bond acceptors (Lipinski definition) is 2. The molecule has 0 fully saturated rings. The molecule has 0 bridgehead atoms. The van der Waals surface area contributed by atoms with Gasteiger partial charge in [-0.05, 0) is 37.9 Å². The summed E-state index contributed by atoms with van der Waals surface area (Å²) in [6.45, 7) is 7.73. The van der Waals surface area contributed by atoms with E-state index in [0.29, 0.717) is 6.04 Å². The van der Waals surface area contributed by atoms with E-state index in [9.17, 15) is 0 Å².